The van der Waals surface area contributed by atoms with Crippen LogP contribution in [0.4, 0.5) is 20.2 Å². The second-order valence-electron chi connectivity index (χ2n) is 3.11. The van der Waals surface area contributed by atoms with Crippen molar-refractivity contribution >= 4 is 27.3 Å². The van der Waals surface area contributed by atoms with Gasteiger partial charge in [-0.25, -0.2) is 8.78 Å². The number of hydrogen-bond acceptors (Lipinski definition) is 2. The topological polar surface area (TPSA) is 24.9 Å². The summed E-state index contributed by atoms with van der Waals surface area (Å²) in [5, 5.41) is 2.64. The molecule has 0 unspecified atom stereocenters. The Hall–Kier alpha value is -1.49. The van der Waals surface area contributed by atoms with Gasteiger partial charge in [0.05, 0.1) is 11.9 Å². The Morgan fingerprint density at radius 3 is 2.44 bits per heavy atom. The van der Waals surface area contributed by atoms with Crippen LogP contribution < -0.4 is 5.32 Å². The Labute approximate surface area is 99.5 Å². The minimum Gasteiger partial charge on any atom is -0.349 e. The fourth-order valence-corrected chi connectivity index (χ4v) is 1.61. The Morgan fingerprint density at radius 2 is 1.81 bits per heavy atom. The zero-order valence-electron chi connectivity index (χ0n) is 8.05. The van der Waals surface area contributed by atoms with Crippen molar-refractivity contribution in [2.75, 3.05) is 5.32 Å². The van der Waals surface area contributed by atoms with E-state index in [9.17, 15) is 8.78 Å². The molecule has 0 saturated carbocycles. The monoisotopic (exact) mass is 284 g/mol. The Morgan fingerprint density at radius 1 is 1.12 bits per heavy atom. The molecule has 0 amide bonds. The van der Waals surface area contributed by atoms with Gasteiger partial charge in [0, 0.05) is 10.7 Å². The van der Waals surface area contributed by atoms with E-state index in [1.54, 1.807) is 12.3 Å². The summed E-state index contributed by atoms with van der Waals surface area (Å²) >= 11 is 3.22. The van der Waals surface area contributed by atoms with Crippen LogP contribution in [0.2, 0.25) is 0 Å². The molecule has 2 rings (SSSR count). The van der Waals surface area contributed by atoms with Gasteiger partial charge >= 0.3 is 0 Å². The van der Waals surface area contributed by atoms with E-state index in [4.69, 9.17) is 0 Å². The number of aromatic nitrogens is 1. The number of benzene rings is 1. The van der Waals surface area contributed by atoms with Gasteiger partial charge in [-0.2, -0.15) is 0 Å². The van der Waals surface area contributed by atoms with Crippen molar-refractivity contribution in [1.29, 1.82) is 0 Å². The molecule has 1 aromatic heterocycles. The molecule has 0 aliphatic rings. The molecule has 1 heterocycles. The van der Waals surface area contributed by atoms with Crippen LogP contribution in [0.5, 0.6) is 0 Å². The summed E-state index contributed by atoms with van der Waals surface area (Å²) < 4.78 is 27.3. The Bertz CT molecular complexity index is 497. The fourth-order valence-electron chi connectivity index (χ4n) is 1.24. The standard InChI is InChI=1S/C11H7BrF2N2/c12-7-4-8(6-15-5-7)16-11-9(13)2-1-3-10(11)14/h1-6,16H. The summed E-state index contributed by atoms with van der Waals surface area (Å²) in [4.78, 5) is 3.89. The first-order chi connectivity index (χ1) is 7.66. The van der Waals surface area contributed by atoms with Crippen LogP contribution in [0.3, 0.4) is 0 Å². The van der Waals surface area contributed by atoms with Crippen LogP contribution in [0.25, 0.3) is 0 Å². The van der Waals surface area contributed by atoms with Crippen molar-refractivity contribution in [3.05, 3.63) is 52.8 Å². The fraction of sp³-hybridized carbons (Fsp3) is 0. The molecular formula is C11H7BrF2N2. The number of anilines is 2. The number of hydrogen-bond donors (Lipinski definition) is 1. The summed E-state index contributed by atoms with van der Waals surface area (Å²) in [6.07, 6.45) is 3.07. The van der Waals surface area contributed by atoms with E-state index in [0.29, 0.717) is 5.69 Å². The first kappa shape index (κ1) is 11.0. The lowest BCUT2D eigenvalue weighted by Crippen LogP contribution is -1.97. The van der Waals surface area contributed by atoms with Crippen LogP contribution in [0, 0.1) is 11.6 Å². The predicted octanol–water partition coefficient (Wildman–Crippen LogP) is 3.87. The molecule has 82 valence electrons. The molecule has 0 fully saturated rings. The van der Waals surface area contributed by atoms with Gasteiger partial charge in [0.15, 0.2) is 0 Å². The minimum absolute atomic E-state index is 0.178. The molecule has 0 bridgehead atoms. The molecule has 0 atom stereocenters. The van der Waals surface area contributed by atoms with Crippen LogP contribution in [-0.4, -0.2) is 4.98 Å². The van der Waals surface area contributed by atoms with Gasteiger partial charge in [0.2, 0.25) is 0 Å². The Balaban J connectivity index is 2.34. The summed E-state index contributed by atoms with van der Waals surface area (Å²) in [5.41, 5.74) is 0.334. The van der Waals surface area contributed by atoms with Crippen LogP contribution >= 0.6 is 15.9 Å². The van der Waals surface area contributed by atoms with Crippen molar-refractivity contribution in [1.82, 2.24) is 4.98 Å². The average Bonchev–Trinajstić information content (AvgIpc) is 2.24. The largest absolute Gasteiger partial charge is 0.349 e. The summed E-state index contributed by atoms with van der Waals surface area (Å²) in [6.45, 7) is 0. The van der Waals surface area contributed by atoms with Gasteiger partial charge in [0.1, 0.15) is 17.3 Å². The van der Waals surface area contributed by atoms with Crippen molar-refractivity contribution in [3.63, 3.8) is 0 Å². The van der Waals surface area contributed by atoms with Gasteiger partial charge in [-0.3, -0.25) is 4.98 Å². The smallest absolute Gasteiger partial charge is 0.149 e. The lowest BCUT2D eigenvalue weighted by molar-refractivity contribution is 0.591. The van der Waals surface area contributed by atoms with Gasteiger partial charge in [-0.15, -0.1) is 0 Å². The van der Waals surface area contributed by atoms with Crippen LogP contribution in [0.15, 0.2) is 41.1 Å². The van der Waals surface area contributed by atoms with Gasteiger partial charge in [-0.05, 0) is 34.1 Å². The summed E-state index contributed by atoms with van der Waals surface area (Å²) in [7, 11) is 0. The number of para-hydroxylation sites is 1. The molecule has 0 aliphatic carbocycles. The molecule has 5 heteroatoms. The maximum absolute atomic E-state index is 13.3. The Kier molecular flexibility index (Phi) is 3.14. The first-order valence-electron chi connectivity index (χ1n) is 4.48. The van der Waals surface area contributed by atoms with E-state index in [0.717, 1.165) is 4.47 Å². The van der Waals surface area contributed by atoms with Crippen molar-refractivity contribution in [2.45, 2.75) is 0 Å². The van der Waals surface area contributed by atoms with E-state index in [-0.39, 0.29) is 5.69 Å². The highest BCUT2D eigenvalue weighted by Crippen LogP contribution is 2.23. The average molecular weight is 285 g/mol. The van der Waals surface area contributed by atoms with Gasteiger partial charge < -0.3 is 5.32 Å². The highest BCUT2D eigenvalue weighted by molar-refractivity contribution is 9.10. The quantitative estimate of drug-likeness (QED) is 0.906. The van der Waals surface area contributed by atoms with Crippen LogP contribution in [-0.2, 0) is 0 Å². The third kappa shape index (κ3) is 2.36. The van der Waals surface area contributed by atoms with Crippen molar-refractivity contribution in [2.24, 2.45) is 0 Å². The number of nitrogens with one attached hydrogen (secondary N) is 1. The predicted molar refractivity (Wildman–Crippen MR) is 61.6 cm³/mol. The molecule has 0 aliphatic heterocycles. The van der Waals surface area contributed by atoms with Crippen LogP contribution in [0.1, 0.15) is 0 Å². The SMILES string of the molecule is Fc1cccc(F)c1Nc1cncc(Br)c1. The number of halogens is 3. The maximum atomic E-state index is 13.3. The number of pyridine rings is 1. The zero-order valence-corrected chi connectivity index (χ0v) is 9.63. The van der Waals surface area contributed by atoms with E-state index < -0.39 is 11.6 Å². The molecule has 16 heavy (non-hydrogen) atoms. The molecule has 1 N–H and O–H groups in total. The maximum Gasteiger partial charge on any atom is 0.149 e. The molecule has 0 saturated heterocycles. The van der Waals surface area contributed by atoms with E-state index in [1.807, 2.05) is 0 Å². The first-order valence-corrected chi connectivity index (χ1v) is 5.28. The van der Waals surface area contributed by atoms with E-state index in [1.165, 1.54) is 24.4 Å². The second kappa shape index (κ2) is 4.57. The molecular weight excluding hydrogens is 278 g/mol. The number of rotatable bonds is 2. The van der Waals surface area contributed by atoms with Crippen molar-refractivity contribution < 1.29 is 8.78 Å². The van der Waals surface area contributed by atoms with Gasteiger partial charge in [-0.1, -0.05) is 6.07 Å². The third-order valence-corrected chi connectivity index (χ3v) is 2.37. The summed E-state index contributed by atoms with van der Waals surface area (Å²) in [5.74, 6) is -1.28. The van der Waals surface area contributed by atoms with Crippen molar-refractivity contribution in [3.8, 4) is 0 Å². The van der Waals surface area contributed by atoms with E-state index >= 15 is 0 Å². The minimum atomic E-state index is -0.639. The molecule has 2 aromatic rings. The molecule has 1 aromatic carbocycles. The lowest BCUT2D eigenvalue weighted by atomic mass is 10.3. The highest BCUT2D eigenvalue weighted by Gasteiger charge is 2.08. The van der Waals surface area contributed by atoms with Gasteiger partial charge in [0.25, 0.3) is 0 Å². The molecule has 2 nitrogen and oxygen atoms in total. The third-order valence-electron chi connectivity index (χ3n) is 1.94. The highest BCUT2D eigenvalue weighted by atomic mass is 79.9. The molecule has 0 radical (unpaired) electrons. The number of nitrogens with zero attached hydrogens (tertiary/aromatic N) is 1. The second-order valence-corrected chi connectivity index (χ2v) is 4.03. The van der Waals surface area contributed by atoms with E-state index in [2.05, 4.69) is 26.2 Å². The lowest BCUT2D eigenvalue weighted by Gasteiger charge is -2.08. The summed E-state index contributed by atoms with van der Waals surface area (Å²) in [6, 6.07) is 5.38. The normalized spacial score (nSPS) is 10.2. The zero-order chi connectivity index (χ0) is 11.5. The molecule has 0 spiro atoms.